The molecule has 7 heteroatoms. The Labute approximate surface area is 145 Å². The minimum absolute atomic E-state index is 0.237. The second-order valence-electron chi connectivity index (χ2n) is 6.55. The lowest BCUT2D eigenvalue weighted by Gasteiger charge is -2.31. The summed E-state index contributed by atoms with van der Waals surface area (Å²) in [5.74, 6) is 0. The van der Waals surface area contributed by atoms with Crippen LogP contribution in [0.25, 0.3) is 11.0 Å². The van der Waals surface area contributed by atoms with Crippen LogP contribution in [-0.2, 0) is 16.6 Å². The van der Waals surface area contributed by atoms with E-state index in [1.165, 1.54) is 9.13 Å². The molecule has 1 aromatic carbocycles. The fraction of sp³-hybridized carbons (Fsp3) is 0.500. The third-order valence-electron chi connectivity index (χ3n) is 4.97. The van der Waals surface area contributed by atoms with Crippen molar-refractivity contribution in [1.82, 2.24) is 9.13 Å². The maximum Gasteiger partial charge on any atom is 0.329 e. The highest BCUT2D eigenvalue weighted by Crippen LogP contribution is 2.26. The standard InChI is InChI=1S/C18H23N3O4/c1-19-17-11-13(20-8-6-15(24)7-9-20)4-5-16(17)21(18(19)25)14(12-23)3-2-10-22/h4-5,10-12,14-15,24H,2-3,6-9H2,1H3. The van der Waals surface area contributed by atoms with Gasteiger partial charge in [-0.05, 0) is 37.5 Å². The molecule has 3 rings (SSSR count). The number of benzene rings is 1. The number of carbonyl (C=O) groups excluding carboxylic acids is 2. The van der Waals surface area contributed by atoms with Crippen LogP contribution in [0.4, 0.5) is 5.69 Å². The Morgan fingerprint density at radius 3 is 2.60 bits per heavy atom. The van der Waals surface area contributed by atoms with Gasteiger partial charge in [-0.15, -0.1) is 0 Å². The summed E-state index contributed by atoms with van der Waals surface area (Å²) in [4.78, 5) is 36.9. The summed E-state index contributed by atoms with van der Waals surface area (Å²) in [5.41, 5.74) is 2.19. The van der Waals surface area contributed by atoms with Crippen LogP contribution in [0.15, 0.2) is 23.0 Å². The van der Waals surface area contributed by atoms with Gasteiger partial charge >= 0.3 is 5.69 Å². The summed E-state index contributed by atoms with van der Waals surface area (Å²) in [5, 5.41) is 9.66. The molecule has 1 fully saturated rings. The monoisotopic (exact) mass is 345 g/mol. The van der Waals surface area contributed by atoms with Crippen molar-refractivity contribution < 1.29 is 14.7 Å². The largest absolute Gasteiger partial charge is 0.393 e. The number of aliphatic hydroxyl groups excluding tert-OH is 1. The molecule has 0 amide bonds. The zero-order valence-electron chi connectivity index (χ0n) is 14.3. The van der Waals surface area contributed by atoms with Crippen molar-refractivity contribution in [3.63, 3.8) is 0 Å². The molecular formula is C18H23N3O4. The van der Waals surface area contributed by atoms with E-state index in [1.807, 2.05) is 18.2 Å². The zero-order chi connectivity index (χ0) is 18.0. The van der Waals surface area contributed by atoms with Crippen LogP contribution < -0.4 is 10.6 Å². The first-order valence-electron chi connectivity index (χ1n) is 8.59. The molecule has 2 aromatic rings. The van der Waals surface area contributed by atoms with E-state index in [1.54, 1.807) is 7.05 Å². The van der Waals surface area contributed by atoms with Crippen molar-refractivity contribution in [1.29, 1.82) is 0 Å². The number of rotatable bonds is 6. The minimum Gasteiger partial charge on any atom is -0.393 e. The number of piperidine rings is 1. The molecule has 0 bridgehead atoms. The second kappa shape index (κ2) is 7.23. The summed E-state index contributed by atoms with van der Waals surface area (Å²) in [6.45, 7) is 1.55. The van der Waals surface area contributed by atoms with Crippen LogP contribution in [-0.4, -0.2) is 46.0 Å². The van der Waals surface area contributed by atoms with Crippen molar-refractivity contribution in [2.75, 3.05) is 18.0 Å². The SMILES string of the molecule is Cn1c(=O)n(C(C=O)CCC=O)c2ccc(N3CCC(O)CC3)cc21. The summed E-state index contributed by atoms with van der Waals surface area (Å²) in [7, 11) is 1.69. The average Bonchev–Trinajstić information content (AvgIpc) is 2.88. The fourth-order valence-corrected chi connectivity index (χ4v) is 3.49. The van der Waals surface area contributed by atoms with E-state index in [0.29, 0.717) is 11.9 Å². The number of aromatic nitrogens is 2. The van der Waals surface area contributed by atoms with E-state index < -0.39 is 6.04 Å². The van der Waals surface area contributed by atoms with Gasteiger partial charge in [-0.3, -0.25) is 9.13 Å². The molecule has 0 spiro atoms. The Morgan fingerprint density at radius 2 is 1.96 bits per heavy atom. The fourth-order valence-electron chi connectivity index (χ4n) is 3.49. The Morgan fingerprint density at radius 1 is 1.24 bits per heavy atom. The quantitative estimate of drug-likeness (QED) is 0.790. The number of hydrogen-bond acceptors (Lipinski definition) is 5. The molecule has 0 radical (unpaired) electrons. The van der Waals surface area contributed by atoms with Gasteiger partial charge in [0.2, 0.25) is 0 Å². The molecule has 1 saturated heterocycles. The number of aldehydes is 2. The molecule has 2 heterocycles. The maximum absolute atomic E-state index is 12.6. The van der Waals surface area contributed by atoms with Gasteiger partial charge in [-0.25, -0.2) is 4.79 Å². The van der Waals surface area contributed by atoms with E-state index >= 15 is 0 Å². The first kappa shape index (κ1) is 17.4. The molecule has 134 valence electrons. The van der Waals surface area contributed by atoms with Crippen LogP contribution in [0, 0.1) is 0 Å². The highest BCUT2D eigenvalue weighted by atomic mass is 16.3. The highest BCUT2D eigenvalue weighted by Gasteiger charge is 2.21. The third-order valence-corrected chi connectivity index (χ3v) is 4.97. The van der Waals surface area contributed by atoms with Crippen molar-refractivity contribution in [3.05, 3.63) is 28.7 Å². The van der Waals surface area contributed by atoms with Gasteiger partial charge in [0.15, 0.2) is 0 Å². The minimum atomic E-state index is -0.641. The van der Waals surface area contributed by atoms with Gasteiger partial charge in [0.1, 0.15) is 12.6 Å². The molecule has 1 atom stereocenters. The summed E-state index contributed by atoms with van der Waals surface area (Å²) in [6, 6.07) is 5.11. The van der Waals surface area contributed by atoms with Gasteiger partial charge in [0, 0.05) is 32.2 Å². The molecule has 7 nitrogen and oxygen atoms in total. The van der Waals surface area contributed by atoms with Crippen LogP contribution in [0.1, 0.15) is 31.7 Å². The molecule has 1 aliphatic heterocycles. The van der Waals surface area contributed by atoms with E-state index in [-0.39, 0.29) is 18.2 Å². The Balaban J connectivity index is 2.01. The predicted molar refractivity (Wildman–Crippen MR) is 95.0 cm³/mol. The van der Waals surface area contributed by atoms with Gasteiger partial charge < -0.3 is 19.6 Å². The zero-order valence-corrected chi connectivity index (χ0v) is 14.3. The normalized spacial score (nSPS) is 17.0. The van der Waals surface area contributed by atoms with Crippen molar-refractivity contribution in [2.24, 2.45) is 7.05 Å². The van der Waals surface area contributed by atoms with E-state index in [9.17, 15) is 19.5 Å². The van der Waals surface area contributed by atoms with E-state index in [0.717, 1.165) is 49.7 Å². The molecular weight excluding hydrogens is 322 g/mol. The summed E-state index contributed by atoms with van der Waals surface area (Å²) < 4.78 is 3.00. The number of aliphatic hydroxyl groups is 1. The number of nitrogens with zero attached hydrogens (tertiary/aromatic N) is 3. The third kappa shape index (κ3) is 3.24. The van der Waals surface area contributed by atoms with E-state index in [2.05, 4.69) is 4.90 Å². The number of imidazole rings is 1. The Kier molecular flexibility index (Phi) is 5.03. The van der Waals surface area contributed by atoms with Crippen LogP contribution in [0.2, 0.25) is 0 Å². The van der Waals surface area contributed by atoms with Gasteiger partial charge in [0.05, 0.1) is 23.2 Å². The lowest BCUT2D eigenvalue weighted by atomic mass is 10.1. The molecule has 1 N–H and O–H groups in total. The van der Waals surface area contributed by atoms with E-state index in [4.69, 9.17) is 0 Å². The van der Waals surface area contributed by atoms with Crippen LogP contribution >= 0.6 is 0 Å². The number of fused-ring (bicyclic) bond motifs is 1. The number of aryl methyl sites for hydroxylation is 1. The van der Waals surface area contributed by atoms with Crippen molar-refractivity contribution >= 4 is 29.3 Å². The lowest BCUT2D eigenvalue weighted by Crippen LogP contribution is -2.35. The lowest BCUT2D eigenvalue weighted by molar-refractivity contribution is -0.111. The smallest absolute Gasteiger partial charge is 0.329 e. The topological polar surface area (TPSA) is 84.5 Å². The predicted octanol–water partition coefficient (Wildman–Crippen LogP) is 1.02. The Hall–Kier alpha value is -2.41. The van der Waals surface area contributed by atoms with Crippen molar-refractivity contribution in [2.45, 2.75) is 37.8 Å². The maximum atomic E-state index is 12.6. The van der Waals surface area contributed by atoms with Gasteiger partial charge in [-0.1, -0.05) is 0 Å². The summed E-state index contributed by atoms with van der Waals surface area (Å²) >= 11 is 0. The molecule has 0 saturated carbocycles. The molecule has 1 aromatic heterocycles. The average molecular weight is 345 g/mol. The highest BCUT2D eigenvalue weighted by molar-refractivity contribution is 5.82. The summed E-state index contributed by atoms with van der Waals surface area (Å²) in [6.07, 6.45) is 3.27. The number of anilines is 1. The number of carbonyl (C=O) groups is 2. The van der Waals surface area contributed by atoms with Crippen LogP contribution in [0.3, 0.4) is 0 Å². The molecule has 1 unspecified atom stereocenters. The first-order chi connectivity index (χ1) is 12.1. The Bertz CT molecular complexity index is 831. The molecule has 0 aliphatic carbocycles. The van der Waals surface area contributed by atoms with Crippen LogP contribution in [0.5, 0.6) is 0 Å². The number of hydrogen-bond donors (Lipinski definition) is 1. The van der Waals surface area contributed by atoms with Crippen molar-refractivity contribution in [3.8, 4) is 0 Å². The van der Waals surface area contributed by atoms with Gasteiger partial charge in [0.25, 0.3) is 0 Å². The first-order valence-corrected chi connectivity index (χ1v) is 8.59. The molecule has 1 aliphatic rings. The molecule has 25 heavy (non-hydrogen) atoms. The second-order valence-corrected chi connectivity index (χ2v) is 6.55. The van der Waals surface area contributed by atoms with Gasteiger partial charge in [-0.2, -0.15) is 0 Å².